The first kappa shape index (κ1) is 22.7. The van der Waals surface area contributed by atoms with Gasteiger partial charge >= 0.3 is 5.97 Å². The molecule has 1 aliphatic carbocycles. The van der Waals surface area contributed by atoms with Crippen molar-refractivity contribution in [1.29, 1.82) is 0 Å². The number of unbranched alkanes of at least 4 members (excludes halogenated alkanes) is 9. The van der Waals surface area contributed by atoms with Gasteiger partial charge in [0.25, 0.3) is 0 Å². The highest BCUT2D eigenvalue weighted by atomic mass is 16.5. The molecule has 0 aromatic carbocycles. The fourth-order valence-corrected chi connectivity index (χ4v) is 3.74. The van der Waals surface area contributed by atoms with Gasteiger partial charge < -0.3 is 15.0 Å². The molecule has 6 heteroatoms. The van der Waals surface area contributed by atoms with E-state index in [1.165, 1.54) is 51.4 Å². The molecular formula is C22H38N2O4. The number of nitrogens with one attached hydrogen (secondary N) is 1. The molecule has 0 radical (unpaired) electrons. The normalized spacial score (nSPS) is 19.4. The smallest absolute Gasteiger partial charge is 0.308 e. The number of nitrogens with zero attached hydrogens (tertiary/aromatic N) is 1. The van der Waals surface area contributed by atoms with Crippen LogP contribution in [0.25, 0.3) is 0 Å². The van der Waals surface area contributed by atoms with E-state index in [1.807, 2.05) is 0 Å². The van der Waals surface area contributed by atoms with Crippen molar-refractivity contribution in [2.45, 2.75) is 96.4 Å². The van der Waals surface area contributed by atoms with Crippen LogP contribution in [-0.4, -0.2) is 48.4 Å². The lowest BCUT2D eigenvalue weighted by molar-refractivity contribution is -0.152. The minimum atomic E-state index is -0.706. The van der Waals surface area contributed by atoms with Crippen LogP contribution >= 0.6 is 0 Å². The molecule has 1 unspecified atom stereocenters. The van der Waals surface area contributed by atoms with Crippen LogP contribution in [0.4, 0.5) is 0 Å². The Bertz CT molecular complexity index is 505. The average molecular weight is 395 g/mol. The van der Waals surface area contributed by atoms with Gasteiger partial charge in [0.1, 0.15) is 6.04 Å². The Morgan fingerprint density at radius 3 is 2.21 bits per heavy atom. The molecule has 1 heterocycles. The van der Waals surface area contributed by atoms with E-state index < -0.39 is 6.04 Å². The van der Waals surface area contributed by atoms with Crippen molar-refractivity contribution in [3.63, 3.8) is 0 Å². The topological polar surface area (TPSA) is 75.7 Å². The third-order valence-electron chi connectivity index (χ3n) is 5.66. The maximum atomic E-state index is 12.4. The maximum absolute atomic E-state index is 12.4. The van der Waals surface area contributed by atoms with Gasteiger partial charge in [-0.15, -0.1) is 0 Å². The molecule has 160 valence electrons. The summed E-state index contributed by atoms with van der Waals surface area (Å²) >= 11 is 0. The highest BCUT2D eigenvalue weighted by Gasteiger charge is 2.41. The quantitative estimate of drug-likeness (QED) is 0.361. The van der Waals surface area contributed by atoms with Crippen molar-refractivity contribution in [2.75, 3.05) is 19.7 Å². The first-order valence-electron chi connectivity index (χ1n) is 11.4. The van der Waals surface area contributed by atoms with E-state index in [9.17, 15) is 14.4 Å². The summed E-state index contributed by atoms with van der Waals surface area (Å²) in [6.45, 7) is 3.58. The number of carbonyl (C=O) groups is 3. The number of amides is 2. The molecule has 1 aliphatic heterocycles. The van der Waals surface area contributed by atoms with Gasteiger partial charge in [-0.3, -0.25) is 14.4 Å². The molecule has 2 amide bonds. The molecule has 6 nitrogen and oxygen atoms in total. The van der Waals surface area contributed by atoms with Crippen LogP contribution in [-0.2, 0) is 19.1 Å². The molecule has 1 atom stereocenters. The van der Waals surface area contributed by atoms with Crippen LogP contribution in [0.1, 0.15) is 90.4 Å². The van der Waals surface area contributed by atoms with Gasteiger partial charge in [0, 0.05) is 19.0 Å². The van der Waals surface area contributed by atoms with Crippen LogP contribution in [0.3, 0.4) is 0 Å². The molecule has 0 bridgehead atoms. The van der Waals surface area contributed by atoms with E-state index in [-0.39, 0.29) is 30.1 Å². The molecule has 0 aromatic rings. The van der Waals surface area contributed by atoms with Crippen molar-refractivity contribution in [3.8, 4) is 0 Å². The number of piperazine rings is 1. The van der Waals surface area contributed by atoms with Crippen molar-refractivity contribution in [2.24, 2.45) is 5.92 Å². The molecule has 0 aromatic heterocycles. The lowest BCUT2D eigenvalue weighted by Gasteiger charge is -2.34. The van der Waals surface area contributed by atoms with E-state index in [0.29, 0.717) is 19.7 Å². The van der Waals surface area contributed by atoms with Gasteiger partial charge in [-0.2, -0.15) is 0 Å². The van der Waals surface area contributed by atoms with Crippen LogP contribution < -0.4 is 5.32 Å². The molecule has 2 aliphatic rings. The van der Waals surface area contributed by atoms with Crippen LogP contribution in [0, 0.1) is 5.92 Å². The zero-order valence-corrected chi connectivity index (χ0v) is 17.5. The number of carbonyl (C=O) groups excluding carboxylic acids is 3. The molecule has 1 saturated heterocycles. The van der Waals surface area contributed by atoms with Gasteiger partial charge in [0.2, 0.25) is 11.8 Å². The predicted molar refractivity (Wildman–Crippen MR) is 109 cm³/mol. The number of esters is 1. The van der Waals surface area contributed by atoms with Crippen molar-refractivity contribution >= 4 is 17.8 Å². The zero-order valence-electron chi connectivity index (χ0n) is 17.5. The standard InChI is InChI=1S/C22H38N2O4/c1-2-3-4-5-6-7-8-9-10-11-16-28-20(25)17-19-21(26)23-14-15-24(19)22(27)18-12-13-18/h18-19H,2-17H2,1H3,(H,23,26). The zero-order chi connectivity index (χ0) is 20.2. The Labute approximate surface area is 169 Å². The summed E-state index contributed by atoms with van der Waals surface area (Å²) in [6.07, 6.45) is 14.1. The summed E-state index contributed by atoms with van der Waals surface area (Å²) in [6, 6.07) is -0.706. The second-order valence-electron chi connectivity index (χ2n) is 8.22. The summed E-state index contributed by atoms with van der Waals surface area (Å²) in [4.78, 5) is 38.2. The Balaban J connectivity index is 1.53. The second-order valence-corrected chi connectivity index (χ2v) is 8.22. The van der Waals surface area contributed by atoms with Gasteiger partial charge in [0.05, 0.1) is 13.0 Å². The van der Waals surface area contributed by atoms with Gasteiger partial charge in [0.15, 0.2) is 0 Å². The minimum absolute atomic E-state index is 0.0161. The van der Waals surface area contributed by atoms with Crippen LogP contribution in [0.15, 0.2) is 0 Å². The van der Waals surface area contributed by atoms with Crippen molar-refractivity contribution in [3.05, 3.63) is 0 Å². The lowest BCUT2D eigenvalue weighted by atomic mass is 10.1. The fourth-order valence-electron chi connectivity index (χ4n) is 3.74. The molecule has 2 rings (SSSR count). The van der Waals surface area contributed by atoms with Gasteiger partial charge in [-0.25, -0.2) is 0 Å². The number of hydrogen-bond acceptors (Lipinski definition) is 4. The van der Waals surface area contributed by atoms with E-state index in [1.54, 1.807) is 4.90 Å². The first-order chi connectivity index (χ1) is 13.6. The summed E-state index contributed by atoms with van der Waals surface area (Å²) < 4.78 is 5.31. The monoisotopic (exact) mass is 394 g/mol. The summed E-state index contributed by atoms with van der Waals surface area (Å²) in [5.74, 6) is -0.555. The molecule has 1 saturated carbocycles. The van der Waals surface area contributed by atoms with Crippen LogP contribution in [0.5, 0.6) is 0 Å². The average Bonchev–Trinajstić information content (AvgIpc) is 3.52. The molecule has 2 fully saturated rings. The van der Waals surface area contributed by atoms with E-state index in [4.69, 9.17) is 4.74 Å². The Morgan fingerprint density at radius 2 is 1.61 bits per heavy atom. The highest BCUT2D eigenvalue weighted by Crippen LogP contribution is 2.32. The predicted octanol–water partition coefficient (Wildman–Crippen LogP) is 3.58. The largest absolute Gasteiger partial charge is 0.466 e. The first-order valence-corrected chi connectivity index (χ1v) is 11.4. The number of rotatable bonds is 14. The maximum Gasteiger partial charge on any atom is 0.308 e. The summed E-state index contributed by atoms with van der Waals surface area (Å²) in [5, 5.41) is 2.75. The second kappa shape index (κ2) is 12.8. The Hall–Kier alpha value is -1.59. The van der Waals surface area contributed by atoms with Crippen LogP contribution in [0.2, 0.25) is 0 Å². The summed E-state index contributed by atoms with van der Waals surface area (Å²) in [7, 11) is 0. The third kappa shape index (κ3) is 8.19. The number of ether oxygens (including phenoxy) is 1. The molecule has 1 N–H and O–H groups in total. The van der Waals surface area contributed by atoms with Crippen molar-refractivity contribution in [1.82, 2.24) is 10.2 Å². The van der Waals surface area contributed by atoms with Crippen molar-refractivity contribution < 1.29 is 19.1 Å². The molecule has 0 spiro atoms. The SMILES string of the molecule is CCCCCCCCCCCCOC(=O)CC1C(=O)NCCN1C(=O)C1CC1. The Morgan fingerprint density at radius 1 is 1.00 bits per heavy atom. The van der Waals surface area contributed by atoms with Gasteiger partial charge in [-0.05, 0) is 19.3 Å². The van der Waals surface area contributed by atoms with E-state index in [0.717, 1.165) is 25.7 Å². The molecular weight excluding hydrogens is 356 g/mol. The van der Waals surface area contributed by atoms with Gasteiger partial charge in [-0.1, -0.05) is 64.7 Å². The van der Waals surface area contributed by atoms with E-state index >= 15 is 0 Å². The fraction of sp³-hybridized carbons (Fsp3) is 0.864. The van der Waals surface area contributed by atoms with E-state index in [2.05, 4.69) is 12.2 Å². The lowest BCUT2D eigenvalue weighted by Crippen LogP contribution is -2.58. The number of hydrogen-bond donors (Lipinski definition) is 1. The Kier molecular flexibility index (Phi) is 10.4. The highest BCUT2D eigenvalue weighted by molar-refractivity contribution is 5.93. The summed E-state index contributed by atoms with van der Waals surface area (Å²) in [5.41, 5.74) is 0. The minimum Gasteiger partial charge on any atom is -0.466 e. The molecule has 28 heavy (non-hydrogen) atoms. The third-order valence-corrected chi connectivity index (χ3v) is 5.66.